The van der Waals surface area contributed by atoms with Gasteiger partial charge in [-0.1, -0.05) is 6.42 Å². The molecule has 0 saturated heterocycles. The largest absolute Gasteiger partial charge is 0.465 e. The summed E-state index contributed by atoms with van der Waals surface area (Å²) in [6.45, 7) is 1.55. The van der Waals surface area contributed by atoms with Gasteiger partial charge in [-0.15, -0.1) is 0 Å². The number of imidazole rings is 1. The highest BCUT2D eigenvalue weighted by atomic mass is 19.1. The van der Waals surface area contributed by atoms with Gasteiger partial charge < -0.3 is 10.1 Å². The molecule has 5 nitrogen and oxygen atoms in total. The standard InChI is InChI=1S/C15H18FN3O2/c1-21-15(20)12-5-11(7-17-6-10-3-2-4-10)9-19-13(16)8-18-14(12)19/h5,8-10,17H,2-4,6-7H2,1H3. The van der Waals surface area contributed by atoms with Crippen LogP contribution in [0.3, 0.4) is 0 Å². The Hall–Kier alpha value is -1.95. The predicted molar refractivity (Wildman–Crippen MR) is 75.5 cm³/mol. The number of halogens is 1. The Morgan fingerprint density at radius 2 is 2.38 bits per heavy atom. The summed E-state index contributed by atoms with van der Waals surface area (Å²) in [5, 5.41) is 3.36. The van der Waals surface area contributed by atoms with Gasteiger partial charge in [-0.05, 0) is 36.9 Å². The fourth-order valence-corrected chi connectivity index (χ4v) is 2.59. The van der Waals surface area contributed by atoms with Crippen molar-refractivity contribution in [2.24, 2.45) is 5.92 Å². The third-order valence-corrected chi connectivity index (χ3v) is 4.01. The summed E-state index contributed by atoms with van der Waals surface area (Å²) in [4.78, 5) is 15.7. The number of hydrogen-bond acceptors (Lipinski definition) is 4. The van der Waals surface area contributed by atoms with Crippen LogP contribution in [0.1, 0.15) is 35.2 Å². The van der Waals surface area contributed by atoms with E-state index in [0.29, 0.717) is 6.54 Å². The summed E-state index contributed by atoms with van der Waals surface area (Å²) in [6, 6.07) is 1.71. The van der Waals surface area contributed by atoms with Crippen molar-refractivity contribution in [2.75, 3.05) is 13.7 Å². The van der Waals surface area contributed by atoms with Gasteiger partial charge in [0.05, 0.1) is 13.3 Å². The fourth-order valence-electron chi connectivity index (χ4n) is 2.59. The first-order chi connectivity index (χ1) is 10.2. The first kappa shape index (κ1) is 14.0. The molecule has 0 unspecified atom stereocenters. The van der Waals surface area contributed by atoms with Gasteiger partial charge in [-0.3, -0.25) is 4.40 Å². The molecule has 2 aromatic heterocycles. The van der Waals surface area contributed by atoms with Gasteiger partial charge >= 0.3 is 5.97 Å². The molecule has 112 valence electrons. The molecule has 2 heterocycles. The average molecular weight is 291 g/mol. The van der Waals surface area contributed by atoms with Crippen molar-refractivity contribution in [1.29, 1.82) is 0 Å². The Morgan fingerprint density at radius 3 is 3.05 bits per heavy atom. The number of aromatic nitrogens is 2. The smallest absolute Gasteiger partial charge is 0.341 e. The van der Waals surface area contributed by atoms with Crippen LogP contribution in [0, 0.1) is 11.9 Å². The number of hydrogen-bond donors (Lipinski definition) is 1. The van der Waals surface area contributed by atoms with E-state index in [1.165, 1.54) is 30.8 Å². The van der Waals surface area contributed by atoms with Crippen molar-refractivity contribution in [2.45, 2.75) is 25.8 Å². The van der Waals surface area contributed by atoms with Gasteiger partial charge in [0.2, 0.25) is 5.95 Å². The summed E-state index contributed by atoms with van der Waals surface area (Å²) in [7, 11) is 1.31. The second-order valence-corrected chi connectivity index (χ2v) is 5.46. The molecule has 0 radical (unpaired) electrons. The first-order valence-electron chi connectivity index (χ1n) is 7.13. The normalized spacial score (nSPS) is 15.1. The Morgan fingerprint density at radius 1 is 1.57 bits per heavy atom. The van der Waals surface area contributed by atoms with Crippen LogP contribution in [-0.4, -0.2) is 29.0 Å². The quantitative estimate of drug-likeness (QED) is 0.858. The van der Waals surface area contributed by atoms with Crippen molar-refractivity contribution in [1.82, 2.24) is 14.7 Å². The minimum absolute atomic E-state index is 0.280. The monoisotopic (exact) mass is 291 g/mol. The van der Waals surface area contributed by atoms with Crippen molar-refractivity contribution < 1.29 is 13.9 Å². The summed E-state index contributed by atoms with van der Waals surface area (Å²) < 4.78 is 19.7. The summed E-state index contributed by atoms with van der Waals surface area (Å²) >= 11 is 0. The minimum atomic E-state index is -0.508. The van der Waals surface area contributed by atoms with Crippen LogP contribution in [-0.2, 0) is 11.3 Å². The SMILES string of the molecule is COC(=O)c1cc(CNCC2CCC2)cn2c(F)cnc12. The average Bonchev–Trinajstić information content (AvgIpc) is 2.82. The van der Waals surface area contributed by atoms with Crippen molar-refractivity contribution in [3.05, 3.63) is 35.5 Å². The van der Waals surface area contributed by atoms with E-state index in [4.69, 9.17) is 4.74 Å². The highest BCUT2D eigenvalue weighted by molar-refractivity contribution is 5.95. The number of esters is 1. The Balaban J connectivity index is 1.83. The molecule has 0 amide bonds. The number of rotatable bonds is 5. The zero-order valence-electron chi connectivity index (χ0n) is 11.9. The van der Waals surface area contributed by atoms with Gasteiger partial charge in [0.1, 0.15) is 5.56 Å². The molecule has 3 rings (SSSR count). The number of methoxy groups -OCH3 is 1. The van der Waals surface area contributed by atoms with Gasteiger partial charge in [0.25, 0.3) is 0 Å². The lowest BCUT2D eigenvalue weighted by Crippen LogP contribution is -2.27. The summed E-state index contributed by atoms with van der Waals surface area (Å²) in [5.74, 6) is -0.249. The van der Waals surface area contributed by atoms with E-state index in [0.717, 1.165) is 24.2 Å². The van der Waals surface area contributed by atoms with Crippen LogP contribution >= 0.6 is 0 Å². The van der Waals surface area contributed by atoms with Crippen LogP contribution in [0.5, 0.6) is 0 Å². The molecule has 0 aromatic carbocycles. The fraction of sp³-hybridized carbons (Fsp3) is 0.467. The molecule has 0 aliphatic heterocycles. The molecule has 1 aliphatic rings. The minimum Gasteiger partial charge on any atom is -0.465 e. The third-order valence-electron chi connectivity index (χ3n) is 4.01. The number of fused-ring (bicyclic) bond motifs is 1. The molecule has 1 saturated carbocycles. The van der Waals surface area contributed by atoms with Crippen LogP contribution < -0.4 is 5.32 Å². The van der Waals surface area contributed by atoms with Crippen molar-refractivity contribution >= 4 is 11.6 Å². The predicted octanol–water partition coefficient (Wildman–Crippen LogP) is 2.15. The number of nitrogens with one attached hydrogen (secondary N) is 1. The second-order valence-electron chi connectivity index (χ2n) is 5.46. The summed E-state index contributed by atoms with van der Waals surface area (Å²) in [6.07, 6.45) is 6.63. The van der Waals surface area contributed by atoms with Crippen molar-refractivity contribution in [3.8, 4) is 0 Å². The third kappa shape index (κ3) is 2.76. The maximum atomic E-state index is 13.7. The molecule has 0 bridgehead atoms. The molecule has 21 heavy (non-hydrogen) atoms. The van der Waals surface area contributed by atoms with E-state index in [1.807, 2.05) is 0 Å². The lowest BCUT2D eigenvalue weighted by molar-refractivity contribution is 0.0602. The molecular formula is C15H18FN3O2. The highest BCUT2D eigenvalue weighted by Gasteiger charge is 2.18. The molecule has 6 heteroatoms. The van der Waals surface area contributed by atoms with Crippen LogP contribution in [0.4, 0.5) is 4.39 Å². The highest BCUT2D eigenvalue weighted by Crippen LogP contribution is 2.25. The Bertz CT molecular complexity index is 664. The zero-order chi connectivity index (χ0) is 14.8. The van der Waals surface area contributed by atoms with E-state index in [1.54, 1.807) is 12.3 Å². The van der Waals surface area contributed by atoms with E-state index in [-0.39, 0.29) is 11.2 Å². The number of nitrogens with zero attached hydrogens (tertiary/aromatic N) is 2. The second kappa shape index (κ2) is 5.81. The van der Waals surface area contributed by atoms with Gasteiger partial charge in [0.15, 0.2) is 5.65 Å². The molecule has 1 N–H and O–H groups in total. The zero-order valence-corrected chi connectivity index (χ0v) is 11.9. The van der Waals surface area contributed by atoms with E-state index >= 15 is 0 Å². The number of carbonyl (C=O) groups excluding carboxylic acids is 1. The van der Waals surface area contributed by atoms with Gasteiger partial charge in [-0.25, -0.2) is 9.78 Å². The number of ether oxygens (including phenoxy) is 1. The molecule has 0 atom stereocenters. The molecule has 1 aliphatic carbocycles. The number of carbonyl (C=O) groups is 1. The molecular weight excluding hydrogens is 273 g/mol. The van der Waals surface area contributed by atoms with Gasteiger partial charge in [-0.2, -0.15) is 4.39 Å². The topological polar surface area (TPSA) is 55.6 Å². The van der Waals surface area contributed by atoms with E-state index in [9.17, 15) is 9.18 Å². The number of pyridine rings is 1. The molecule has 0 spiro atoms. The maximum Gasteiger partial charge on any atom is 0.341 e. The maximum absolute atomic E-state index is 13.7. The lowest BCUT2D eigenvalue weighted by Gasteiger charge is -2.25. The molecule has 2 aromatic rings. The van der Waals surface area contributed by atoms with Crippen LogP contribution in [0.25, 0.3) is 5.65 Å². The lowest BCUT2D eigenvalue weighted by atomic mass is 9.85. The Kier molecular flexibility index (Phi) is 3.88. The van der Waals surface area contributed by atoms with E-state index < -0.39 is 11.9 Å². The summed E-state index contributed by atoms with van der Waals surface area (Å²) in [5.41, 5.74) is 1.39. The van der Waals surface area contributed by atoms with Crippen LogP contribution in [0.2, 0.25) is 0 Å². The van der Waals surface area contributed by atoms with E-state index in [2.05, 4.69) is 10.3 Å². The van der Waals surface area contributed by atoms with Gasteiger partial charge in [0, 0.05) is 12.7 Å². The Labute approximate surface area is 122 Å². The first-order valence-corrected chi connectivity index (χ1v) is 7.13. The van der Waals surface area contributed by atoms with Crippen LogP contribution in [0.15, 0.2) is 18.5 Å². The van der Waals surface area contributed by atoms with Crippen molar-refractivity contribution in [3.63, 3.8) is 0 Å². The molecule has 1 fully saturated rings.